The number of hydrogen-bond donors (Lipinski definition) is 0. The van der Waals surface area contributed by atoms with Gasteiger partial charge in [0.2, 0.25) is 17.7 Å². The Morgan fingerprint density at radius 3 is 2.41 bits per heavy atom. The summed E-state index contributed by atoms with van der Waals surface area (Å²) in [4.78, 5) is 43.6. The van der Waals surface area contributed by atoms with Gasteiger partial charge in [-0.15, -0.1) is 11.3 Å². The minimum absolute atomic E-state index is 0.0688. The van der Waals surface area contributed by atoms with Crippen molar-refractivity contribution in [1.82, 2.24) is 9.47 Å². The fourth-order valence-electron chi connectivity index (χ4n) is 4.22. The number of imide groups is 1. The van der Waals surface area contributed by atoms with Crippen molar-refractivity contribution in [3.8, 4) is 0 Å². The highest BCUT2D eigenvalue weighted by Crippen LogP contribution is 2.37. The number of aromatic nitrogens is 1. The zero-order chi connectivity index (χ0) is 20.4. The molecule has 152 valence electrons. The number of amides is 3. The fourth-order valence-corrected chi connectivity index (χ4v) is 4.96. The zero-order valence-electron chi connectivity index (χ0n) is 16.5. The first-order valence-corrected chi connectivity index (χ1v) is 11.0. The standard InChI is InChI=1S/C22H25N3O3S/c1-15-6-8-16(9-7-15)14-24-12-13-29-22(24)23-19(26)10-11-25-20(27)17-4-2-3-5-18(17)21(25)28/h6-9,12-13,17-18H,2-5,10-11,14H2,1H3/t17-,18-/m1/s1. The summed E-state index contributed by atoms with van der Waals surface area (Å²) in [6.45, 7) is 2.82. The Labute approximate surface area is 173 Å². The van der Waals surface area contributed by atoms with Crippen LogP contribution in [-0.4, -0.2) is 33.7 Å². The van der Waals surface area contributed by atoms with Gasteiger partial charge in [0.15, 0.2) is 4.80 Å². The van der Waals surface area contributed by atoms with Crippen LogP contribution in [0, 0.1) is 18.8 Å². The van der Waals surface area contributed by atoms with E-state index in [-0.39, 0.29) is 42.5 Å². The maximum absolute atomic E-state index is 12.5. The SMILES string of the molecule is Cc1ccc(Cn2ccsc2=NC(=O)CCN2C(=O)[C@@H]3CCCC[C@H]3C2=O)cc1. The van der Waals surface area contributed by atoms with Gasteiger partial charge in [-0.3, -0.25) is 19.3 Å². The summed E-state index contributed by atoms with van der Waals surface area (Å²) in [6.07, 6.45) is 5.56. The predicted molar refractivity (Wildman–Crippen MR) is 110 cm³/mol. The lowest BCUT2D eigenvalue weighted by Gasteiger charge is -2.19. The molecule has 2 aliphatic rings. The molecule has 1 aliphatic carbocycles. The van der Waals surface area contributed by atoms with E-state index in [9.17, 15) is 14.4 Å². The van der Waals surface area contributed by atoms with Gasteiger partial charge in [-0.2, -0.15) is 4.99 Å². The van der Waals surface area contributed by atoms with Crippen LogP contribution >= 0.6 is 11.3 Å². The second-order valence-corrected chi connectivity index (χ2v) is 8.75. The normalized spacial score (nSPS) is 22.2. The van der Waals surface area contributed by atoms with E-state index in [0.29, 0.717) is 11.3 Å². The number of aryl methyl sites for hydroxylation is 1. The first-order valence-electron chi connectivity index (χ1n) is 10.1. The van der Waals surface area contributed by atoms with Gasteiger partial charge >= 0.3 is 0 Å². The van der Waals surface area contributed by atoms with Gasteiger partial charge in [-0.05, 0) is 25.3 Å². The Balaban J connectivity index is 1.40. The number of nitrogens with zero attached hydrogens (tertiary/aromatic N) is 3. The largest absolute Gasteiger partial charge is 0.319 e. The Morgan fingerprint density at radius 1 is 1.10 bits per heavy atom. The molecule has 29 heavy (non-hydrogen) atoms. The average Bonchev–Trinajstić information content (AvgIpc) is 3.25. The van der Waals surface area contributed by atoms with E-state index in [1.54, 1.807) is 0 Å². The van der Waals surface area contributed by atoms with Crippen LogP contribution in [0.25, 0.3) is 0 Å². The Hall–Kier alpha value is -2.54. The molecule has 4 rings (SSSR count). The number of benzene rings is 1. The number of carbonyl (C=O) groups is 3. The molecule has 0 N–H and O–H groups in total. The quantitative estimate of drug-likeness (QED) is 0.710. The first-order chi connectivity index (χ1) is 14.0. The monoisotopic (exact) mass is 411 g/mol. The van der Waals surface area contributed by atoms with Gasteiger partial charge in [0, 0.05) is 31.1 Å². The van der Waals surface area contributed by atoms with Crippen LogP contribution in [0.2, 0.25) is 0 Å². The molecule has 1 aromatic heterocycles. The number of carbonyl (C=O) groups excluding carboxylic acids is 3. The minimum Gasteiger partial charge on any atom is -0.319 e. The van der Waals surface area contributed by atoms with Gasteiger partial charge < -0.3 is 4.57 Å². The number of fused-ring (bicyclic) bond motifs is 1. The van der Waals surface area contributed by atoms with Crippen LogP contribution in [0.15, 0.2) is 40.8 Å². The molecule has 1 saturated carbocycles. The van der Waals surface area contributed by atoms with Gasteiger partial charge in [-0.1, -0.05) is 42.7 Å². The molecule has 2 heterocycles. The lowest BCUT2D eigenvalue weighted by molar-refractivity contribution is -0.140. The van der Waals surface area contributed by atoms with Crippen LogP contribution < -0.4 is 4.80 Å². The third-order valence-electron chi connectivity index (χ3n) is 5.84. The molecule has 0 bridgehead atoms. The van der Waals surface area contributed by atoms with Crippen LogP contribution in [-0.2, 0) is 20.9 Å². The van der Waals surface area contributed by atoms with E-state index < -0.39 is 0 Å². The van der Waals surface area contributed by atoms with E-state index >= 15 is 0 Å². The summed E-state index contributed by atoms with van der Waals surface area (Å²) >= 11 is 1.40. The fraction of sp³-hybridized carbons (Fsp3) is 0.455. The van der Waals surface area contributed by atoms with E-state index in [0.717, 1.165) is 31.2 Å². The molecule has 0 spiro atoms. The summed E-state index contributed by atoms with van der Waals surface area (Å²) < 4.78 is 1.94. The van der Waals surface area contributed by atoms with Gasteiger partial charge in [0.25, 0.3) is 0 Å². The minimum atomic E-state index is -0.305. The molecule has 0 unspecified atom stereocenters. The topological polar surface area (TPSA) is 71.7 Å². The van der Waals surface area contributed by atoms with Crippen molar-refractivity contribution in [3.63, 3.8) is 0 Å². The molecule has 7 heteroatoms. The average molecular weight is 412 g/mol. The van der Waals surface area contributed by atoms with Crippen LogP contribution in [0.1, 0.15) is 43.2 Å². The van der Waals surface area contributed by atoms with Crippen molar-refractivity contribution in [2.45, 2.75) is 45.6 Å². The highest BCUT2D eigenvalue weighted by atomic mass is 32.1. The lowest BCUT2D eigenvalue weighted by Crippen LogP contribution is -2.33. The molecule has 0 radical (unpaired) electrons. The molecule has 1 saturated heterocycles. The van der Waals surface area contributed by atoms with E-state index in [2.05, 4.69) is 29.3 Å². The third-order valence-corrected chi connectivity index (χ3v) is 6.63. The van der Waals surface area contributed by atoms with Crippen LogP contribution in [0.5, 0.6) is 0 Å². The summed E-state index contributed by atoms with van der Waals surface area (Å²) in [7, 11) is 0. The number of rotatable bonds is 5. The van der Waals surface area contributed by atoms with Crippen LogP contribution in [0.4, 0.5) is 0 Å². The Kier molecular flexibility index (Phi) is 5.76. The maximum Gasteiger partial charge on any atom is 0.250 e. The Morgan fingerprint density at radius 2 is 1.76 bits per heavy atom. The predicted octanol–water partition coefficient (Wildman–Crippen LogP) is 2.90. The molecule has 2 fully saturated rings. The number of likely N-dealkylation sites (tertiary alicyclic amines) is 1. The zero-order valence-corrected chi connectivity index (χ0v) is 17.4. The molecule has 1 aromatic carbocycles. The van der Waals surface area contributed by atoms with Crippen molar-refractivity contribution in [2.75, 3.05) is 6.54 Å². The van der Waals surface area contributed by atoms with Gasteiger partial charge in [-0.25, -0.2) is 0 Å². The molecule has 1 aliphatic heterocycles. The van der Waals surface area contributed by atoms with Crippen molar-refractivity contribution in [1.29, 1.82) is 0 Å². The molecule has 6 nitrogen and oxygen atoms in total. The van der Waals surface area contributed by atoms with Crippen molar-refractivity contribution in [2.24, 2.45) is 16.8 Å². The summed E-state index contributed by atoms with van der Waals surface area (Å²) in [5, 5.41) is 1.90. The summed E-state index contributed by atoms with van der Waals surface area (Å²) in [5.41, 5.74) is 2.34. The highest BCUT2D eigenvalue weighted by molar-refractivity contribution is 7.07. The van der Waals surface area contributed by atoms with Gasteiger partial charge in [0.05, 0.1) is 11.8 Å². The van der Waals surface area contributed by atoms with Crippen molar-refractivity contribution >= 4 is 29.1 Å². The van der Waals surface area contributed by atoms with Gasteiger partial charge in [0.1, 0.15) is 0 Å². The van der Waals surface area contributed by atoms with Crippen molar-refractivity contribution < 1.29 is 14.4 Å². The number of hydrogen-bond acceptors (Lipinski definition) is 4. The Bertz CT molecular complexity index is 965. The second-order valence-electron chi connectivity index (χ2n) is 7.88. The molecular formula is C22H25N3O3S. The van der Waals surface area contributed by atoms with Crippen molar-refractivity contribution in [3.05, 3.63) is 51.8 Å². The van der Waals surface area contributed by atoms with E-state index in [4.69, 9.17) is 0 Å². The lowest BCUT2D eigenvalue weighted by atomic mass is 9.81. The number of thiazole rings is 1. The maximum atomic E-state index is 12.5. The molecular weight excluding hydrogens is 386 g/mol. The van der Waals surface area contributed by atoms with Crippen LogP contribution in [0.3, 0.4) is 0 Å². The summed E-state index contributed by atoms with van der Waals surface area (Å²) in [5.74, 6) is -0.841. The highest BCUT2D eigenvalue weighted by Gasteiger charge is 2.47. The first kappa shape index (κ1) is 19.8. The second kappa shape index (κ2) is 8.45. The van der Waals surface area contributed by atoms with E-state index in [1.165, 1.54) is 21.8 Å². The van der Waals surface area contributed by atoms with E-state index in [1.807, 2.05) is 23.1 Å². The smallest absolute Gasteiger partial charge is 0.250 e. The molecule has 3 amide bonds. The molecule has 2 aromatic rings. The molecule has 2 atom stereocenters. The third kappa shape index (κ3) is 4.24. The summed E-state index contributed by atoms with van der Waals surface area (Å²) in [6, 6.07) is 8.25.